The van der Waals surface area contributed by atoms with E-state index < -0.39 is 18.0 Å². The van der Waals surface area contributed by atoms with Crippen molar-refractivity contribution in [2.75, 3.05) is 0 Å². The van der Waals surface area contributed by atoms with Gasteiger partial charge in [-0.2, -0.15) is 0 Å². The molecule has 0 heterocycles. The van der Waals surface area contributed by atoms with Crippen molar-refractivity contribution in [1.29, 1.82) is 0 Å². The molecule has 0 aliphatic heterocycles. The van der Waals surface area contributed by atoms with Gasteiger partial charge in [0.1, 0.15) is 0 Å². The lowest BCUT2D eigenvalue weighted by atomic mass is 10.00. The zero-order valence-corrected chi connectivity index (χ0v) is 14.3. The second kappa shape index (κ2) is 7.70. The van der Waals surface area contributed by atoms with Crippen molar-refractivity contribution >= 4 is 22.8 Å². The highest BCUT2D eigenvalue weighted by Crippen LogP contribution is 2.24. The topological polar surface area (TPSA) is 78.4 Å². The van der Waals surface area contributed by atoms with E-state index >= 15 is 0 Å². The smallest absolute Gasteiger partial charge is 0.330 e. The number of fused-ring (bicyclic) bond motifs is 1. The van der Waals surface area contributed by atoms with Crippen LogP contribution in [0.3, 0.4) is 0 Å². The predicted octanol–water partition coefficient (Wildman–Crippen LogP) is 4.03. The van der Waals surface area contributed by atoms with E-state index in [-0.39, 0.29) is 6.04 Å². The van der Waals surface area contributed by atoms with Crippen molar-refractivity contribution in [3.05, 3.63) is 83.9 Å². The summed E-state index contributed by atoms with van der Waals surface area (Å²) in [6.45, 7) is 1.87. The molecule has 26 heavy (non-hydrogen) atoms. The molecule has 2 amide bonds. The van der Waals surface area contributed by atoms with Crippen LogP contribution in [-0.4, -0.2) is 17.1 Å². The number of benzene rings is 3. The largest absolute Gasteiger partial charge is 0.479 e. The number of rotatable bonds is 5. The lowest BCUT2D eigenvalue weighted by Crippen LogP contribution is -2.41. The molecule has 0 aliphatic carbocycles. The highest BCUT2D eigenvalue weighted by Gasteiger charge is 2.22. The van der Waals surface area contributed by atoms with E-state index in [0.717, 1.165) is 16.3 Å². The average molecular weight is 348 g/mol. The van der Waals surface area contributed by atoms with Crippen LogP contribution in [0.4, 0.5) is 4.79 Å². The fourth-order valence-electron chi connectivity index (χ4n) is 3.01. The maximum absolute atomic E-state index is 12.4. The van der Waals surface area contributed by atoms with Gasteiger partial charge >= 0.3 is 12.0 Å². The predicted molar refractivity (Wildman–Crippen MR) is 101 cm³/mol. The SMILES string of the molecule is C[C@H](NC(=O)N[C@@H](C(=O)O)c1ccccc1)c1cccc2ccccc12. The minimum atomic E-state index is -1.11. The van der Waals surface area contributed by atoms with E-state index in [1.54, 1.807) is 30.3 Å². The molecule has 0 spiro atoms. The van der Waals surface area contributed by atoms with Crippen LogP contribution in [0, 0.1) is 0 Å². The Balaban J connectivity index is 1.75. The van der Waals surface area contributed by atoms with Gasteiger partial charge < -0.3 is 15.7 Å². The Morgan fingerprint density at radius 3 is 2.23 bits per heavy atom. The molecular formula is C21H20N2O3. The van der Waals surface area contributed by atoms with Crippen LogP contribution in [0.2, 0.25) is 0 Å². The number of hydrogen-bond donors (Lipinski definition) is 3. The molecule has 0 fully saturated rings. The van der Waals surface area contributed by atoms with Crippen molar-refractivity contribution in [3.63, 3.8) is 0 Å². The van der Waals surface area contributed by atoms with E-state index in [9.17, 15) is 14.7 Å². The molecule has 0 aromatic heterocycles. The maximum atomic E-state index is 12.4. The van der Waals surface area contributed by atoms with Crippen LogP contribution < -0.4 is 10.6 Å². The first-order valence-corrected chi connectivity index (χ1v) is 8.38. The summed E-state index contributed by atoms with van der Waals surface area (Å²) in [5.41, 5.74) is 1.50. The Bertz CT molecular complexity index is 919. The highest BCUT2D eigenvalue weighted by molar-refractivity contribution is 5.87. The number of carboxylic acid groups (broad SMARTS) is 1. The molecule has 132 valence electrons. The van der Waals surface area contributed by atoms with Gasteiger partial charge in [0.05, 0.1) is 6.04 Å². The minimum Gasteiger partial charge on any atom is -0.479 e. The molecule has 0 unspecified atom stereocenters. The molecule has 3 aromatic carbocycles. The van der Waals surface area contributed by atoms with Crippen LogP contribution in [0.25, 0.3) is 10.8 Å². The Hall–Kier alpha value is -3.34. The van der Waals surface area contributed by atoms with Gasteiger partial charge in [0.2, 0.25) is 0 Å². The lowest BCUT2D eigenvalue weighted by molar-refractivity contribution is -0.139. The normalized spacial score (nSPS) is 13.0. The molecule has 5 nitrogen and oxygen atoms in total. The van der Waals surface area contributed by atoms with Crippen molar-refractivity contribution in [3.8, 4) is 0 Å². The number of urea groups is 1. The number of carbonyl (C=O) groups is 2. The summed E-state index contributed by atoms with van der Waals surface area (Å²) in [4.78, 5) is 23.9. The fourth-order valence-corrected chi connectivity index (χ4v) is 3.01. The van der Waals surface area contributed by atoms with Gasteiger partial charge in [-0.3, -0.25) is 0 Å². The molecule has 3 rings (SSSR count). The van der Waals surface area contributed by atoms with E-state index in [4.69, 9.17) is 0 Å². The standard InChI is InChI=1S/C21H20N2O3/c1-14(17-13-7-11-15-8-5-6-12-18(15)17)22-21(26)23-19(20(24)25)16-9-3-2-4-10-16/h2-14,19H,1H3,(H,24,25)(H2,22,23,26)/t14-,19+/m0/s1. The van der Waals surface area contributed by atoms with Gasteiger partial charge in [-0.15, -0.1) is 0 Å². The molecule has 2 atom stereocenters. The molecular weight excluding hydrogens is 328 g/mol. The number of carboxylic acids is 1. The fraction of sp³-hybridized carbons (Fsp3) is 0.143. The first kappa shape index (κ1) is 17.5. The molecule has 0 bridgehead atoms. The molecule has 5 heteroatoms. The molecule has 3 aromatic rings. The van der Waals surface area contributed by atoms with Crippen LogP contribution in [0.1, 0.15) is 30.1 Å². The van der Waals surface area contributed by atoms with Gasteiger partial charge in [0, 0.05) is 0 Å². The van der Waals surface area contributed by atoms with Crippen LogP contribution >= 0.6 is 0 Å². The van der Waals surface area contributed by atoms with Crippen LogP contribution in [0.15, 0.2) is 72.8 Å². The average Bonchev–Trinajstić information content (AvgIpc) is 2.66. The zero-order valence-electron chi connectivity index (χ0n) is 14.3. The summed E-state index contributed by atoms with van der Waals surface area (Å²) in [5, 5.41) is 16.9. The minimum absolute atomic E-state index is 0.272. The third-order valence-corrected chi connectivity index (χ3v) is 4.29. The Morgan fingerprint density at radius 1 is 0.846 bits per heavy atom. The molecule has 0 radical (unpaired) electrons. The quantitative estimate of drug-likeness (QED) is 0.651. The second-order valence-corrected chi connectivity index (χ2v) is 6.09. The Labute approximate surface area is 151 Å². The van der Waals surface area contributed by atoms with E-state index in [2.05, 4.69) is 10.6 Å². The van der Waals surface area contributed by atoms with Crippen molar-refractivity contribution in [1.82, 2.24) is 10.6 Å². The first-order chi connectivity index (χ1) is 12.6. The second-order valence-electron chi connectivity index (χ2n) is 6.09. The molecule has 0 saturated carbocycles. The van der Waals surface area contributed by atoms with Crippen molar-refractivity contribution < 1.29 is 14.7 Å². The summed E-state index contributed by atoms with van der Waals surface area (Å²) in [6, 6.07) is 20.6. The van der Waals surface area contributed by atoms with Gasteiger partial charge in [-0.1, -0.05) is 72.8 Å². The van der Waals surface area contributed by atoms with Gasteiger partial charge in [0.15, 0.2) is 6.04 Å². The summed E-state index contributed by atoms with van der Waals surface area (Å²) in [5.74, 6) is -1.11. The Kier molecular flexibility index (Phi) is 5.17. The third-order valence-electron chi connectivity index (χ3n) is 4.29. The van der Waals surface area contributed by atoms with Gasteiger partial charge in [-0.05, 0) is 28.8 Å². The molecule has 3 N–H and O–H groups in total. The number of hydrogen-bond acceptors (Lipinski definition) is 2. The Morgan fingerprint density at radius 2 is 1.50 bits per heavy atom. The van der Waals surface area contributed by atoms with Crippen molar-refractivity contribution in [2.24, 2.45) is 0 Å². The summed E-state index contributed by atoms with van der Waals surface area (Å²) < 4.78 is 0. The summed E-state index contributed by atoms with van der Waals surface area (Å²) in [6.07, 6.45) is 0. The van der Waals surface area contributed by atoms with Crippen LogP contribution in [0.5, 0.6) is 0 Å². The van der Waals surface area contributed by atoms with E-state index in [1.807, 2.05) is 49.4 Å². The van der Waals surface area contributed by atoms with Gasteiger partial charge in [0.25, 0.3) is 0 Å². The maximum Gasteiger partial charge on any atom is 0.330 e. The molecule has 0 saturated heterocycles. The van der Waals surface area contributed by atoms with E-state index in [0.29, 0.717) is 5.56 Å². The lowest BCUT2D eigenvalue weighted by Gasteiger charge is -2.20. The molecule has 0 aliphatic rings. The van der Waals surface area contributed by atoms with Gasteiger partial charge in [-0.25, -0.2) is 9.59 Å². The summed E-state index contributed by atoms with van der Waals surface area (Å²) in [7, 11) is 0. The van der Waals surface area contributed by atoms with Crippen LogP contribution in [-0.2, 0) is 4.79 Å². The first-order valence-electron chi connectivity index (χ1n) is 8.38. The number of carbonyl (C=O) groups excluding carboxylic acids is 1. The highest BCUT2D eigenvalue weighted by atomic mass is 16.4. The summed E-state index contributed by atoms with van der Waals surface area (Å²) >= 11 is 0. The zero-order chi connectivity index (χ0) is 18.5. The number of nitrogens with one attached hydrogen (secondary N) is 2. The third kappa shape index (κ3) is 3.83. The van der Waals surface area contributed by atoms with E-state index in [1.165, 1.54) is 0 Å². The van der Waals surface area contributed by atoms with Crippen molar-refractivity contribution in [2.45, 2.75) is 19.0 Å². The number of aliphatic carboxylic acids is 1. The monoisotopic (exact) mass is 348 g/mol. The number of amides is 2.